The van der Waals surface area contributed by atoms with Crippen LogP contribution in [0, 0.1) is 5.82 Å². The third kappa shape index (κ3) is 5.24. The summed E-state index contributed by atoms with van der Waals surface area (Å²) in [4.78, 5) is 11.9. The minimum absolute atomic E-state index is 0.275. The molecule has 2 aromatic rings. The zero-order chi connectivity index (χ0) is 17.4. The van der Waals surface area contributed by atoms with Crippen molar-refractivity contribution in [3.05, 3.63) is 59.9 Å². The summed E-state index contributed by atoms with van der Waals surface area (Å²) in [6.45, 7) is 2.44. The van der Waals surface area contributed by atoms with Crippen LogP contribution >= 0.6 is 0 Å². The van der Waals surface area contributed by atoms with E-state index >= 15 is 0 Å². The Bertz CT molecular complexity index is 665. The first kappa shape index (κ1) is 17.7. The number of rotatable bonds is 7. The summed E-state index contributed by atoms with van der Waals surface area (Å²) < 4.78 is 18.5. The van der Waals surface area contributed by atoms with Crippen LogP contribution in [-0.4, -0.2) is 24.3 Å². The van der Waals surface area contributed by atoms with Crippen LogP contribution in [0.5, 0.6) is 5.75 Å². The van der Waals surface area contributed by atoms with Crippen LogP contribution in [0.3, 0.4) is 0 Å². The highest BCUT2D eigenvalue weighted by Gasteiger charge is 2.10. The molecule has 0 saturated carbocycles. The number of urea groups is 1. The number of halogens is 1. The van der Waals surface area contributed by atoms with Crippen LogP contribution in [0.1, 0.15) is 25.0 Å². The SMILES string of the molecule is CCOc1cc(F)ccc1NC(=O)NCCC(O)c1ccccc1. The molecular formula is C18H21FN2O3. The monoisotopic (exact) mass is 332 g/mol. The van der Waals surface area contributed by atoms with Gasteiger partial charge in [-0.05, 0) is 31.0 Å². The zero-order valence-electron chi connectivity index (χ0n) is 13.5. The fourth-order valence-corrected chi connectivity index (χ4v) is 2.21. The normalized spacial score (nSPS) is 11.6. The average Bonchev–Trinajstić information content (AvgIpc) is 2.58. The summed E-state index contributed by atoms with van der Waals surface area (Å²) in [6, 6.07) is 12.7. The molecule has 0 aromatic heterocycles. The molecule has 0 fully saturated rings. The van der Waals surface area contributed by atoms with Crippen molar-refractivity contribution in [1.82, 2.24) is 5.32 Å². The van der Waals surface area contributed by atoms with Crippen molar-refractivity contribution in [3.63, 3.8) is 0 Å². The lowest BCUT2D eigenvalue weighted by molar-refractivity contribution is 0.167. The molecule has 0 aliphatic heterocycles. The van der Waals surface area contributed by atoms with E-state index in [0.29, 0.717) is 25.3 Å². The first-order valence-electron chi connectivity index (χ1n) is 7.80. The average molecular weight is 332 g/mol. The maximum atomic E-state index is 13.2. The Labute approximate surface area is 140 Å². The molecular weight excluding hydrogens is 311 g/mol. The zero-order valence-corrected chi connectivity index (χ0v) is 13.5. The predicted molar refractivity (Wildman–Crippen MR) is 90.6 cm³/mol. The number of hydrogen-bond acceptors (Lipinski definition) is 3. The number of carbonyl (C=O) groups is 1. The number of amides is 2. The molecule has 3 N–H and O–H groups in total. The van der Waals surface area contributed by atoms with E-state index in [0.717, 1.165) is 5.56 Å². The minimum atomic E-state index is -0.642. The quantitative estimate of drug-likeness (QED) is 0.727. The maximum absolute atomic E-state index is 13.2. The van der Waals surface area contributed by atoms with Crippen LogP contribution in [0.15, 0.2) is 48.5 Å². The predicted octanol–water partition coefficient (Wildman–Crippen LogP) is 3.47. The molecule has 2 aromatic carbocycles. The highest BCUT2D eigenvalue weighted by Crippen LogP contribution is 2.25. The van der Waals surface area contributed by atoms with Crippen molar-refractivity contribution < 1.29 is 19.0 Å². The highest BCUT2D eigenvalue weighted by molar-refractivity contribution is 5.90. The molecule has 6 heteroatoms. The molecule has 2 rings (SSSR count). The van der Waals surface area contributed by atoms with Crippen LogP contribution in [0.25, 0.3) is 0 Å². The topological polar surface area (TPSA) is 70.6 Å². The number of hydrogen-bond donors (Lipinski definition) is 3. The van der Waals surface area contributed by atoms with Crippen molar-refractivity contribution in [2.75, 3.05) is 18.5 Å². The molecule has 24 heavy (non-hydrogen) atoms. The molecule has 5 nitrogen and oxygen atoms in total. The van der Waals surface area contributed by atoms with Crippen LogP contribution in [-0.2, 0) is 0 Å². The van der Waals surface area contributed by atoms with E-state index in [9.17, 15) is 14.3 Å². The van der Waals surface area contributed by atoms with Gasteiger partial charge in [-0.2, -0.15) is 0 Å². The van der Waals surface area contributed by atoms with Crippen molar-refractivity contribution in [2.24, 2.45) is 0 Å². The smallest absolute Gasteiger partial charge is 0.319 e. The van der Waals surface area contributed by atoms with E-state index in [-0.39, 0.29) is 5.75 Å². The fraction of sp³-hybridized carbons (Fsp3) is 0.278. The molecule has 0 heterocycles. The molecule has 0 bridgehead atoms. The third-order valence-corrected chi connectivity index (χ3v) is 3.38. The van der Waals surface area contributed by atoms with Gasteiger partial charge in [0, 0.05) is 12.6 Å². The number of benzene rings is 2. The van der Waals surface area contributed by atoms with Gasteiger partial charge in [-0.3, -0.25) is 0 Å². The highest BCUT2D eigenvalue weighted by atomic mass is 19.1. The van der Waals surface area contributed by atoms with Crippen LogP contribution in [0.2, 0.25) is 0 Å². The Morgan fingerprint density at radius 1 is 1.25 bits per heavy atom. The molecule has 0 aliphatic rings. The second kappa shape index (κ2) is 8.88. The number of anilines is 1. The standard InChI is InChI=1S/C18H21FN2O3/c1-2-24-17-12-14(19)8-9-15(17)21-18(23)20-11-10-16(22)13-6-4-3-5-7-13/h3-9,12,16,22H,2,10-11H2,1H3,(H2,20,21,23). The number of ether oxygens (including phenoxy) is 1. The molecule has 128 valence electrons. The Balaban J connectivity index is 1.83. The van der Waals surface area contributed by atoms with Crippen molar-refractivity contribution >= 4 is 11.7 Å². The van der Waals surface area contributed by atoms with Gasteiger partial charge in [0.25, 0.3) is 0 Å². The van der Waals surface area contributed by atoms with Gasteiger partial charge < -0.3 is 20.5 Å². The molecule has 0 radical (unpaired) electrons. The first-order chi connectivity index (χ1) is 11.6. The van der Waals surface area contributed by atoms with Crippen molar-refractivity contribution in [1.29, 1.82) is 0 Å². The molecule has 1 atom stereocenters. The fourth-order valence-electron chi connectivity index (χ4n) is 2.21. The van der Waals surface area contributed by atoms with Gasteiger partial charge in [-0.25, -0.2) is 9.18 Å². The summed E-state index contributed by atoms with van der Waals surface area (Å²) in [5.74, 6) is -0.160. The van der Waals surface area contributed by atoms with E-state index in [1.165, 1.54) is 18.2 Å². The Morgan fingerprint density at radius 2 is 2.00 bits per heavy atom. The van der Waals surface area contributed by atoms with E-state index in [1.54, 1.807) is 6.92 Å². The van der Waals surface area contributed by atoms with E-state index < -0.39 is 18.0 Å². The Hall–Kier alpha value is -2.60. The molecule has 1 unspecified atom stereocenters. The van der Waals surface area contributed by atoms with Gasteiger partial charge in [0.2, 0.25) is 0 Å². The van der Waals surface area contributed by atoms with Gasteiger partial charge in [-0.1, -0.05) is 30.3 Å². The number of aliphatic hydroxyl groups excluding tert-OH is 1. The molecule has 0 aliphatic carbocycles. The van der Waals surface area contributed by atoms with E-state index in [1.807, 2.05) is 30.3 Å². The largest absolute Gasteiger partial charge is 0.492 e. The van der Waals surface area contributed by atoms with E-state index in [2.05, 4.69) is 10.6 Å². The van der Waals surface area contributed by atoms with Crippen LogP contribution < -0.4 is 15.4 Å². The van der Waals surface area contributed by atoms with Gasteiger partial charge in [0.1, 0.15) is 11.6 Å². The third-order valence-electron chi connectivity index (χ3n) is 3.38. The lowest BCUT2D eigenvalue weighted by Gasteiger charge is -2.14. The lowest BCUT2D eigenvalue weighted by Crippen LogP contribution is -2.30. The van der Waals surface area contributed by atoms with Crippen molar-refractivity contribution in [2.45, 2.75) is 19.4 Å². The summed E-state index contributed by atoms with van der Waals surface area (Å²) in [5, 5.41) is 15.3. The van der Waals surface area contributed by atoms with Gasteiger partial charge in [0.05, 0.1) is 18.4 Å². The van der Waals surface area contributed by atoms with Gasteiger partial charge in [-0.15, -0.1) is 0 Å². The number of carbonyl (C=O) groups excluding carboxylic acids is 1. The minimum Gasteiger partial charge on any atom is -0.492 e. The Kier molecular flexibility index (Phi) is 6.57. The first-order valence-corrected chi connectivity index (χ1v) is 7.80. The van der Waals surface area contributed by atoms with E-state index in [4.69, 9.17) is 4.74 Å². The number of nitrogens with one attached hydrogen (secondary N) is 2. The van der Waals surface area contributed by atoms with Crippen LogP contribution in [0.4, 0.5) is 14.9 Å². The second-order valence-corrected chi connectivity index (χ2v) is 5.17. The summed E-state index contributed by atoms with van der Waals surface area (Å²) in [6.07, 6.45) is -0.254. The molecule has 0 spiro atoms. The van der Waals surface area contributed by atoms with Crippen molar-refractivity contribution in [3.8, 4) is 5.75 Å². The second-order valence-electron chi connectivity index (χ2n) is 5.17. The Morgan fingerprint density at radius 3 is 2.71 bits per heavy atom. The molecule has 0 saturated heterocycles. The molecule has 2 amide bonds. The number of aliphatic hydroxyl groups is 1. The summed E-state index contributed by atoms with van der Waals surface area (Å²) in [7, 11) is 0. The maximum Gasteiger partial charge on any atom is 0.319 e. The summed E-state index contributed by atoms with van der Waals surface area (Å²) >= 11 is 0. The summed E-state index contributed by atoms with van der Waals surface area (Å²) in [5.41, 5.74) is 1.19. The van der Waals surface area contributed by atoms with Gasteiger partial charge in [0.15, 0.2) is 0 Å². The van der Waals surface area contributed by atoms with Gasteiger partial charge >= 0.3 is 6.03 Å². The lowest BCUT2D eigenvalue weighted by atomic mass is 10.1.